The Morgan fingerprint density at radius 3 is 2.12 bits per heavy atom. The number of nitrogens with one attached hydrogen (secondary N) is 1. The molecule has 17 heavy (non-hydrogen) atoms. The molecule has 1 amide bonds. The predicted molar refractivity (Wildman–Crippen MR) is 58.9 cm³/mol. The molecular formula is C12H12F3NO. The van der Waals surface area contributed by atoms with Gasteiger partial charge < -0.3 is 5.32 Å². The molecule has 0 atom stereocenters. The maximum Gasteiger partial charge on any atom is 0.416 e. The molecule has 5 heteroatoms. The summed E-state index contributed by atoms with van der Waals surface area (Å²) >= 11 is 0. The highest BCUT2D eigenvalue weighted by atomic mass is 19.4. The molecule has 0 unspecified atom stereocenters. The molecule has 0 aliphatic carbocycles. The van der Waals surface area contributed by atoms with Gasteiger partial charge in [0.1, 0.15) is 0 Å². The summed E-state index contributed by atoms with van der Waals surface area (Å²) in [6.07, 6.45) is -2.72. The summed E-state index contributed by atoms with van der Waals surface area (Å²) < 4.78 is 37.0. The van der Waals surface area contributed by atoms with Crippen LogP contribution in [0.5, 0.6) is 0 Å². The molecule has 0 saturated carbocycles. The third-order valence-corrected chi connectivity index (χ3v) is 2.12. The van der Waals surface area contributed by atoms with Crippen molar-refractivity contribution in [2.24, 2.45) is 0 Å². The Kier molecular flexibility index (Phi) is 3.93. The van der Waals surface area contributed by atoms with Crippen LogP contribution >= 0.6 is 0 Å². The van der Waals surface area contributed by atoms with E-state index in [2.05, 4.69) is 5.32 Å². The lowest BCUT2D eigenvalue weighted by Crippen LogP contribution is -2.18. The summed E-state index contributed by atoms with van der Waals surface area (Å²) in [7, 11) is 0. The molecule has 1 aromatic rings. The molecule has 2 nitrogen and oxygen atoms in total. The Balaban J connectivity index is 2.98. The molecule has 0 heterocycles. The zero-order chi connectivity index (χ0) is 13.1. The number of allylic oxidation sites excluding steroid dienone is 1. The summed E-state index contributed by atoms with van der Waals surface area (Å²) in [4.78, 5) is 10.9. The average Bonchev–Trinajstić information content (AvgIpc) is 2.24. The lowest BCUT2D eigenvalue weighted by Gasteiger charge is -2.10. The molecule has 0 spiro atoms. The maximum absolute atomic E-state index is 12.3. The fourth-order valence-corrected chi connectivity index (χ4v) is 1.34. The van der Waals surface area contributed by atoms with Gasteiger partial charge in [-0.1, -0.05) is 18.2 Å². The summed E-state index contributed by atoms with van der Waals surface area (Å²) in [6.45, 7) is 3.04. The number of carbonyl (C=O) groups excluding carboxylic acids is 1. The van der Waals surface area contributed by atoms with Crippen molar-refractivity contribution in [1.82, 2.24) is 5.32 Å². The molecule has 0 aromatic heterocycles. The number of rotatable bonds is 2. The van der Waals surface area contributed by atoms with E-state index in [0.717, 1.165) is 12.1 Å². The molecule has 0 saturated heterocycles. The number of carbonyl (C=O) groups is 1. The maximum atomic E-state index is 12.3. The van der Waals surface area contributed by atoms with Gasteiger partial charge in [-0.15, -0.1) is 0 Å². The molecule has 1 N–H and O–H groups in total. The van der Waals surface area contributed by atoms with Gasteiger partial charge >= 0.3 is 6.18 Å². The highest BCUT2D eigenvalue weighted by molar-refractivity contribution is 5.84. The van der Waals surface area contributed by atoms with Crippen LogP contribution in [0.3, 0.4) is 0 Å². The second-order valence-electron chi connectivity index (χ2n) is 3.46. The van der Waals surface area contributed by atoms with Crippen LogP contribution in [0.4, 0.5) is 13.2 Å². The fraction of sp³-hybridized carbons (Fsp3) is 0.250. The summed E-state index contributed by atoms with van der Waals surface area (Å²) in [5, 5.41) is 2.54. The molecular weight excluding hydrogens is 231 g/mol. The number of hydrogen-bond acceptors (Lipinski definition) is 1. The average molecular weight is 243 g/mol. The Hall–Kier alpha value is -1.78. The van der Waals surface area contributed by atoms with Crippen molar-refractivity contribution in [2.75, 3.05) is 0 Å². The molecule has 92 valence electrons. The Labute approximate surface area is 97.1 Å². The van der Waals surface area contributed by atoms with E-state index in [1.165, 1.54) is 19.1 Å². The summed E-state index contributed by atoms with van der Waals surface area (Å²) in [6, 6.07) is 4.63. The number of hydrogen-bond donors (Lipinski definition) is 1. The van der Waals surface area contributed by atoms with E-state index < -0.39 is 11.7 Å². The van der Waals surface area contributed by atoms with Gasteiger partial charge in [0.25, 0.3) is 0 Å². The van der Waals surface area contributed by atoms with Crippen LogP contribution in [0, 0.1) is 0 Å². The van der Waals surface area contributed by atoms with Crippen LogP contribution in [0.25, 0.3) is 5.70 Å². The topological polar surface area (TPSA) is 29.1 Å². The highest BCUT2D eigenvalue weighted by Crippen LogP contribution is 2.29. The van der Waals surface area contributed by atoms with Crippen LogP contribution in [-0.4, -0.2) is 5.91 Å². The zero-order valence-corrected chi connectivity index (χ0v) is 9.43. The van der Waals surface area contributed by atoms with Gasteiger partial charge in [0.05, 0.1) is 5.56 Å². The Morgan fingerprint density at radius 2 is 1.76 bits per heavy atom. The smallest absolute Gasteiger partial charge is 0.326 e. The van der Waals surface area contributed by atoms with Crippen LogP contribution < -0.4 is 5.32 Å². The van der Waals surface area contributed by atoms with Gasteiger partial charge in [-0.3, -0.25) is 4.79 Å². The Morgan fingerprint density at radius 1 is 1.24 bits per heavy atom. The van der Waals surface area contributed by atoms with Crippen molar-refractivity contribution in [1.29, 1.82) is 0 Å². The third kappa shape index (κ3) is 3.62. The van der Waals surface area contributed by atoms with Crippen LogP contribution in [0.15, 0.2) is 30.3 Å². The fourth-order valence-electron chi connectivity index (χ4n) is 1.34. The molecule has 0 radical (unpaired) electrons. The second kappa shape index (κ2) is 5.03. The molecule has 0 aliphatic rings. The number of alkyl halides is 3. The van der Waals surface area contributed by atoms with Crippen molar-refractivity contribution in [2.45, 2.75) is 20.0 Å². The first-order chi connectivity index (χ1) is 7.84. The predicted octanol–water partition coefficient (Wildman–Crippen LogP) is 3.20. The van der Waals surface area contributed by atoms with E-state index in [1.807, 2.05) is 0 Å². The highest BCUT2D eigenvalue weighted by Gasteiger charge is 2.29. The van der Waals surface area contributed by atoms with Gasteiger partial charge in [0, 0.05) is 12.6 Å². The summed E-state index contributed by atoms with van der Waals surface area (Å²) in [5.41, 5.74) is 0.321. The molecule has 1 rings (SSSR count). The van der Waals surface area contributed by atoms with Gasteiger partial charge in [-0.05, 0) is 24.6 Å². The first-order valence-electron chi connectivity index (χ1n) is 4.96. The van der Waals surface area contributed by atoms with Crippen LogP contribution in [0.1, 0.15) is 25.0 Å². The van der Waals surface area contributed by atoms with Crippen molar-refractivity contribution in [3.05, 3.63) is 41.5 Å². The van der Waals surface area contributed by atoms with Crippen LogP contribution in [0.2, 0.25) is 0 Å². The van der Waals surface area contributed by atoms with E-state index in [9.17, 15) is 18.0 Å². The third-order valence-electron chi connectivity index (χ3n) is 2.12. The lowest BCUT2D eigenvalue weighted by atomic mass is 10.1. The first kappa shape index (κ1) is 13.3. The monoisotopic (exact) mass is 243 g/mol. The molecule has 0 bridgehead atoms. The minimum Gasteiger partial charge on any atom is -0.326 e. The number of benzene rings is 1. The zero-order valence-electron chi connectivity index (χ0n) is 9.43. The van der Waals surface area contributed by atoms with Crippen LogP contribution in [-0.2, 0) is 11.0 Å². The van der Waals surface area contributed by atoms with Crippen molar-refractivity contribution >= 4 is 11.6 Å². The van der Waals surface area contributed by atoms with Gasteiger partial charge in [0.2, 0.25) is 5.91 Å². The largest absolute Gasteiger partial charge is 0.416 e. The SMILES string of the molecule is C/C=C(\NC(C)=O)c1ccc(C(F)(F)F)cc1. The standard InChI is InChI=1S/C12H12F3NO/c1-3-11(16-8(2)17)9-4-6-10(7-5-9)12(13,14)15/h3-7H,1-2H3,(H,16,17)/b11-3-. The minimum atomic E-state index is -4.34. The van der Waals surface area contributed by atoms with Gasteiger partial charge in [-0.2, -0.15) is 13.2 Å². The summed E-state index contributed by atoms with van der Waals surface area (Å²) in [5.74, 6) is -0.266. The molecule has 1 aromatic carbocycles. The van der Waals surface area contributed by atoms with E-state index in [0.29, 0.717) is 11.3 Å². The van der Waals surface area contributed by atoms with Crippen molar-refractivity contribution < 1.29 is 18.0 Å². The van der Waals surface area contributed by atoms with Gasteiger partial charge in [-0.25, -0.2) is 0 Å². The molecule has 0 fully saturated rings. The quantitative estimate of drug-likeness (QED) is 0.849. The number of amides is 1. The van der Waals surface area contributed by atoms with E-state index in [4.69, 9.17) is 0 Å². The minimum absolute atomic E-state index is 0.266. The normalized spacial score (nSPS) is 12.4. The lowest BCUT2D eigenvalue weighted by molar-refractivity contribution is -0.137. The molecule has 0 aliphatic heterocycles. The van der Waals surface area contributed by atoms with Crippen molar-refractivity contribution in [3.8, 4) is 0 Å². The van der Waals surface area contributed by atoms with Gasteiger partial charge in [0.15, 0.2) is 0 Å². The van der Waals surface area contributed by atoms with E-state index in [1.54, 1.807) is 13.0 Å². The van der Waals surface area contributed by atoms with E-state index in [-0.39, 0.29) is 5.91 Å². The first-order valence-corrected chi connectivity index (χ1v) is 4.96. The Bertz CT molecular complexity index is 432. The second-order valence-corrected chi connectivity index (χ2v) is 3.46. The number of halogens is 3. The van der Waals surface area contributed by atoms with Crippen molar-refractivity contribution in [3.63, 3.8) is 0 Å². The van der Waals surface area contributed by atoms with E-state index >= 15 is 0 Å².